The summed E-state index contributed by atoms with van der Waals surface area (Å²) in [6.07, 6.45) is 3.30. The maximum Gasteiger partial charge on any atom is 0.130 e. The normalized spacial score (nSPS) is 12.6. The van der Waals surface area contributed by atoms with E-state index >= 15 is 0 Å². The minimum atomic E-state index is -1.06. The fourth-order valence-corrected chi connectivity index (χ4v) is 2.33. The Balaban J connectivity index is 2.52. The summed E-state index contributed by atoms with van der Waals surface area (Å²) >= 11 is 0. The smallest absolute Gasteiger partial charge is 0.130 e. The van der Waals surface area contributed by atoms with Gasteiger partial charge in [-0.2, -0.15) is 5.10 Å². The molecule has 0 unspecified atom stereocenters. The van der Waals surface area contributed by atoms with Crippen LogP contribution < -0.4 is 0 Å². The van der Waals surface area contributed by atoms with Gasteiger partial charge in [-0.3, -0.25) is 4.21 Å². The first-order valence-corrected chi connectivity index (χ1v) is 6.74. The highest BCUT2D eigenvalue weighted by Crippen LogP contribution is 2.18. The Labute approximate surface area is 103 Å². The predicted octanol–water partition coefficient (Wildman–Crippen LogP) is 1.76. The first-order chi connectivity index (χ1) is 8.24. The van der Waals surface area contributed by atoms with Crippen molar-refractivity contribution >= 4 is 10.8 Å². The van der Waals surface area contributed by atoms with Crippen LogP contribution in [0.15, 0.2) is 41.6 Å². The summed E-state index contributed by atoms with van der Waals surface area (Å²) in [5.41, 5.74) is 1.93. The Morgan fingerprint density at radius 3 is 2.82 bits per heavy atom. The molecule has 0 radical (unpaired) electrons. The molecule has 17 heavy (non-hydrogen) atoms. The zero-order valence-electron chi connectivity index (χ0n) is 9.79. The van der Waals surface area contributed by atoms with Gasteiger partial charge in [-0.1, -0.05) is 18.2 Å². The van der Waals surface area contributed by atoms with Gasteiger partial charge in [0.15, 0.2) is 0 Å². The van der Waals surface area contributed by atoms with Crippen LogP contribution in [0.5, 0.6) is 0 Å². The molecule has 1 aromatic carbocycles. The maximum absolute atomic E-state index is 11.6. The maximum atomic E-state index is 11.6. The highest BCUT2D eigenvalue weighted by atomic mass is 32.2. The van der Waals surface area contributed by atoms with Gasteiger partial charge in [0.05, 0.1) is 29.3 Å². The van der Waals surface area contributed by atoms with E-state index in [1.54, 1.807) is 30.3 Å². The van der Waals surface area contributed by atoms with Gasteiger partial charge in [-0.25, -0.2) is 4.68 Å². The summed E-state index contributed by atoms with van der Waals surface area (Å²) < 4.78 is 18.4. The van der Waals surface area contributed by atoms with Gasteiger partial charge >= 0.3 is 0 Å². The minimum absolute atomic E-state index is 0.506. The van der Waals surface area contributed by atoms with Crippen molar-refractivity contribution in [2.24, 2.45) is 0 Å². The standard InChI is InChI=1S/C12H14N2O2S/c1-16-9-10-5-3-4-6-11(10)14-12(17(2)15)7-8-13-14/h3-8H,9H2,1-2H3/t17-/m1/s1. The van der Waals surface area contributed by atoms with Crippen LogP contribution in [-0.4, -0.2) is 27.4 Å². The molecule has 0 amide bonds. The Bertz CT molecular complexity index is 537. The van der Waals surface area contributed by atoms with E-state index in [0.29, 0.717) is 11.6 Å². The van der Waals surface area contributed by atoms with Crippen molar-refractivity contribution in [3.8, 4) is 5.69 Å². The molecule has 2 rings (SSSR count). The predicted molar refractivity (Wildman–Crippen MR) is 66.6 cm³/mol. The van der Waals surface area contributed by atoms with Crippen molar-refractivity contribution in [2.75, 3.05) is 13.4 Å². The molecule has 1 heterocycles. The number of hydrogen-bond acceptors (Lipinski definition) is 3. The molecular weight excluding hydrogens is 236 g/mol. The highest BCUT2D eigenvalue weighted by molar-refractivity contribution is 7.84. The van der Waals surface area contributed by atoms with Crippen molar-refractivity contribution in [3.63, 3.8) is 0 Å². The fourth-order valence-electron chi connectivity index (χ4n) is 1.68. The Morgan fingerprint density at radius 2 is 2.12 bits per heavy atom. The number of hydrogen-bond donors (Lipinski definition) is 0. The Hall–Kier alpha value is -1.46. The molecule has 0 aliphatic rings. The monoisotopic (exact) mass is 250 g/mol. The van der Waals surface area contributed by atoms with Crippen LogP contribution in [-0.2, 0) is 22.1 Å². The number of ether oxygens (including phenoxy) is 1. The number of para-hydroxylation sites is 1. The second-order valence-electron chi connectivity index (χ2n) is 3.60. The lowest BCUT2D eigenvalue weighted by Gasteiger charge is -2.10. The molecule has 0 spiro atoms. The summed E-state index contributed by atoms with van der Waals surface area (Å²) in [7, 11) is 0.589. The number of benzene rings is 1. The quantitative estimate of drug-likeness (QED) is 0.830. The van der Waals surface area contributed by atoms with Crippen LogP contribution in [0.4, 0.5) is 0 Å². The third-order valence-electron chi connectivity index (χ3n) is 2.42. The second kappa shape index (κ2) is 5.25. The van der Waals surface area contributed by atoms with Crippen molar-refractivity contribution in [1.82, 2.24) is 9.78 Å². The average molecular weight is 250 g/mol. The van der Waals surface area contributed by atoms with E-state index in [1.165, 1.54) is 0 Å². The molecule has 0 fully saturated rings. The number of methoxy groups -OCH3 is 1. The molecule has 1 aromatic heterocycles. The van der Waals surface area contributed by atoms with Crippen LogP contribution in [0.25, 0.3) is 5.69 Å². The number of aromatic nitrogens is 2. The van der Waals surface area contributed by atoms with E-state index in [-0.39, 0.29) is 0 Å². The summed E-state index contributed by atoms with van der Waals surface area (Å²) in [6.45, 7) is 0.506. The van der Waals surface area contributed by atoms with Gasteiger partial charge in [0.2, 0.25) is 0 Å². The third kappa shape index (κ3) is 2.45. The molecule has 90 valence electrons. The molecule has 4 nitrogen and oxygen atoms in total. The van der Waals surface area contributed by atoms with E-state index in [2.05, 4.69) is 5.10 Å². The van der Waals surface area contributed by atoms with E-state index in [4.69, 9.17) is 4.74 Å². The summed E-state index contributed by atoms with van der Waals surface area (Å²) in [6, 6.07) is 9.56. The van der Waals surface area contributed by atoms with Gasteiger partial charge in [0.25, 0.3) is 0 Å². The summed E-state index contributed by atoms with van der Waals surface area (Å²) in [4.78, 5) is 0. The van der Waals surface area contributed by atoms with Gasteiger partial charge in [0.1, 0.15) is 5.03 Å². The Morgan fingerprint density at radius 1 is 1.35 bits per heavy atom. The van der Waals surface area contributed by atoms with Gasteiger partial charge in [0, 0.05) is 18.9 Å². The second-order valence-corrected chi connectivity index (χ2v) is 4.92. The van der Waals surface area contributed by atoms with Crippen LogP contribution >= 0.6 is 0 Å². The van der Waals surface area contributed by atoms with Crippen molar-refractivity contribution in [3.05, 3.63) is 42.1 Å². The van der Waals surface area contributed by atoms with Crippen molar-refractivity contribution < 1.29 is 8.95 Å². The lowest BCUT2D eigenvalue weighted by atomic mass is 10.2. The zero-order chi connectivity index (χ0) is 12.3. The van der Waals surface area contributed by atoms with E-state index < -0.39 is 10.8 Å². The molecule has 0 saturated carbocycles. The third-order valence-corrected chi connectivity index (χ3v) is 3.32. The molecule has 2 aromatic rings. The molecule has 0 N–H and O–H groups in total. The van der Waals surface area contributed by atoms with Gasteiger partial charge in [-0.05, 0) is 12.1 Å². The van der Waals surface area contributed by atoms with E-state index in [9.17, 15) is 4.21 Å². The van der Waals surface area contributed by atoms with Crippen LogP contribution in [0.3, 0.4) is 0 Å². The van der Waals surface area contributed by atoms with Crippen molar-refractivity contribution in [1.29, 1.82) is 0 Å². The molecule has 0 aliphatic heterocycles. The number of nitrogens with zero attached hydrogens (tertiary/aromatic N) is 2. The van der Waals surface area contributed by atoms with Gasteiger partial charge < -0.3 is 4.74 Å². The van der Waals surface area contributed by atoms with Crippen LogP contribution in [0.2, 0.25) is 0 Å². The zero-order valence-corrected chi connectivity index (χ0v) is 10.6. The topological polar surface area (TPSA) is 44.1 Å². The molecule has 1 atom stereocenters. The van der Waals surface area contributed by atoms with Crippen molar-refractivity contribution in [2.45, 2.75) is 11.6 Å². The molecule has 5 heteroatoms. The first kappa shape index (κ1) is 12.0. The summed E-state index contributed by atoms with van der Waals surface area (Å²) in [5, 5.41) is 4.91. The summed E-state index contributed by atoms with van der Waals surface area (Å²) in [5.74, 6) is 0. The van der Waals surface area contributed by atoms with E-state index in [1.807, 2.05) is 24.3 Å². The minimum Gasteiger partial charge on any atom is -0.380 e. The van der Waals surface area contributed by atoms with E-state index in [0.717, 1.165) is 11.3 Å². The molecule has 0 bridgehead atoms. The lowest BCUT2D eigenvalue weighted by Crippen LogP contribution is -2.06. The Kier molecular flexibility index (Phi) is 3.71. The average Bonchev–Trinajstić information content (AvgIpc) is 2.79. The van der Waals surface area contributed by atoms with Crippen LogP contribution in [0.1, 0.15) is 5.56 Å². The molecule has 0 aliphatic carbocycles. The first-order valence-electron chi connectivity index (χ1n) is 5.18. The SMILES string of the molecule is COCc1ccccc1-n1nccc1[S@@](C)=O. The number of rotatable bonds is 4. The molecule has 0 saturated heterocycles. The fraction of sp³-hybridized carbons (Fsp3) is 0.250. The molecular formula is C12H14N2O2S. The van der Waals surface area contributed by atoms with Gasteiger partial charge in [-0.15, -0.1) is 0 Å². The largest absolute Gasteiger partial charge is 0.380 e. The van der Waals surface area contributed by atoms with Crippen LogP contribution in [0, 0.1) is 0 Å². The lowest BCUT2D eigenvalue weighted by molar-refractivity contribution is 0.184. The highest BCUT2D eigenvalue weighted by Gasteiger charge is 2.11.